The van der Waals surface area contributed by atoms with E-state index >= 15 is 0 Å². The molecule has 0 amide bonds. The number of rotatable bonds is 0. The van der Waals surface area contributed by atoms with E-state index in [0.717, 1.165) is 0 Å². The van der Waals surface area contributed by atoms with Gasteiger partial charge in [0.25, 0.3) is 0 Å². The molecule has 0 aromatic heterocycles. The van der Waals surface area contributed by atoms with Crippen LogP contribution >= 0.6 is 7.60 Å². The Kier molecular flexibility index (Phi) is 2.60. The average Bonchev–Trinajstić information content (AvgIpc) is 2.03. The van der Waals surface area contributed by atoms with E-state index in [1.807, 2.05) is 0 Å². The van der Waals surface area contributed by atoms with Gasteiger partial charge < -0.3 is 4.52 Å². The van der Waals surface area contributed by atoms with Crippen LogP contribution in [0.15, 0.2) is 0 Å². The van der Waals surface area contributed by atoms with Gasteiger partial charge in [-0.25, -0.2) is 0 Å². The van der Waals surface area contributed by atoms with Crippen LogP contribution in [0.25, 0.3) is 0 Å². The summed E-state index contributed by atoms with van der Waals surface area (Å²) in [6, 6.07) is 0. The lowest BCUT2D eigenvalue weighted by Crippen LogP contribution is -2.29. The van der Waals surface area contributed by atoms with Crippen LogP contribution in [0.5, 0.6) is 0 Å². The zero-order chi connectivity index (χ0) is 9.19. The third kappa shape index (κ3) is 1.90. The average molecular weight is 184 g/mol. The SMILES string of the molecule is C#CC1COP(C)(=O)OC1C#C. The molecule has 0 radical (unpaired) electrons. The van der Waals surface area contributed by atoms with E-state index in [9.17, 15) is 4.57 Å². The lowest BCUT2D eigenvalue weighted by Gasteiger charge is -2.28. The van der Waals surface area contributed by atoms with Crippen LogP contribution in [-0.4, -0.2) is 19.4 Å². The van der Waals surface area contributed by atoms with E-state index in [4.69, 9.17) is 21.9 Å². The maximum absolute atomic E-state index is 11.3. The lowest BCUT2D eigenvalue weighted by atomic mass is 10.1. The maximum Gasteiger partial charge on any atom is 0.328 e. The molecule has 0 aliphatic carbocycles. The Hall–Kier alpha value is -0.730. The van der Waals surface area contributed by atoms with Gasteiger partial charge in [0.15, 0.2) is 0 Å². The monoisotopic (exact) mass is 184 g/mol. The Labute approximate surface area is 72.0 Å². The molecule has 64 valence electrons. The third-order valence-electron chi connectivity index (χ3n) is 1.54. The highest BCUT2D eigenvalue weighted by Gasteiger charge is 2.34. The first-order valence-corrected chi connectivity index (χ1v) is 5.41. The van der Waals surface area contributed by atoms with E-state index in [-0.39, 0.29) is 12.5 Å². The van der Waals surface area contributed by atoms with Gasteiger partial charge in [-0.05, 0) is 0 Å². The Morgan fingerprint density at radius 1 is 1.50 bits per heavy atom. The Morgan fingerprint density at radius 2 is 2.17 bits per heavy atom. The normalized spacial score (nSPS) is 41.2. The largest absolute Gasteiger partial charge is 0.328 e. The summed E-state index contributed by atoms with van der Waals surface area (Å²) in [6.45, 7) is 1.59. The molecule has 1 aliphatic rings. The Balaban J connectivity index is 2.76. The molecule has 3 nitrogen and oxygen atoms in total. The quantitative estimate of drug-likeness (QED) is 0.418. The van der Waals surface area contributed by atoms with Gasteiger partial charge in [0, 0.05) is 6.66 Å². The fraction of sp³-hybridized carbons (Fsp3) is 0.500. The first kappa shape index (κ1) is 9.36. The lowest BCUT2D eigenvalue weighted by molar-refractivity contribution is 0.0854. The minimum absolute atomic E-state index is 0.207. The van der Waals surface area contributed by atoms with Gasteiger partial charge in [0.1, 0.15) is 6.10 Å². The molecule has 1 saturated heterocycles. The molecular formula is C8H9O3P. The topological polar surface area (TPSA) is 35.5 Å². The molecule has 12 heavy (non-hydrogen) atoms. The van der Waals surface area contributed by atoms with E-state index in [1.54, 1.807) is 0 Å². The summed E-state index contributed by atoms with van der Waals surface area (Å²) in [7, 11) is -2.95. The zero-order valence-electron chi connectivity index (χ0n) is 6.69. The first-order valence-electron chi connectivity index (χ1n) is 3.42. The van der Waals surface area contributed by atoms with Crippen LogP contribution in [-0.2, 0) is 13.6 Å². The van der Waals surface area contributed by atoms with Crippen molar-refractivity contribution in [1.29, 1.82) is 0 Å². The van der Waals surface area contributed by atoms with Crippen LogP contribution in [0.2, 0.25) is 0 Å². The van der Waals surface area contributed by atoms with E-state index in [2.05, 4.69) is 11.8 Å². The van der Waals surface area contributed by atoms with Gasteiger partial charge in [-0.1, -0.05) is 11.8 Å². The van der Waals surface area contributed by atoms with Crippen molar-refractivity contribution in [2.24, 2.45) is 5.92 Å². The van der Waals surface area contributed by atoms with Crippen molar-refractivity contribution in [3.63, 3.8) is 0 Å². The highest BCUT2D eigenvalue weighted by Crippen LogP contribution is 2.49. The summed E-state index contributed by atoms with van der Waals surface area (Å²) >= 11 is 0. The minimum Gasteiger partial charge on any atom is -0.307 e. The molecule has 0 bridgehead atoms. The zero-order valence-corrected chi connectivity index (χ0v) is 7.58. The molecule has 3 unspecified atom stereocenters. The van der Waals surface area contributed by atoms with Gasteiger partial charge in [-0.15, -0.1) is 12.8 Å². The summed E-state index contributed by atoms with van der Waals surface area (Å²) < 4.78 is 21.1. The fourth-order valence-corrected chi connectivity index (χ4v) is 2.01. The second kappa shape index (κ2) is 3.33. The first-order chi connectivity index (χ1) is 5.59. The van der Waals surface area contributed by atoms with E-state index in [1.165, 1.54) is 6.66 Å². The number of hydrogen-bond acceptors (Lipinski definition) is 3. The molecule has 3 atom stereocenters. The molecule has 0 aromatic carbocycles. The van der Waals surface area contributed by atoms with Crippen molar-refractivity contribution < 1.29 is 13.6 Å². The van der Waals surface area contributed by atoms with Gasteiger partial charge >= 0.3 is 7.60 Å². The van der Waals surface area contributed by atoms with Crippen molar-refractivity contribution >= 4 is 7.60 Å². The molecule has 0 spiro atoms. The van der Waals surface area contributed by atoms with Crippen LogP contribution in [0.3, 0.4) is 0 Å². The van der Waals surface area contributed by atoms with Gasteiger partial charge in [0.2, 0.25) is 0 Å². The fourth-order valence-electron chi connectivity index (χ4n) is 0.895. The highest BCUT2D eigenvalue weighted by molar-refractivity contribution is 7.53. The predicted octanol–water partition coefficient (Wildman–Crippen LogP) is 1.11. The van der Waals surface area contributed by atoms with Crippen LogP contribution in [0, 0.1) is 30.6 Å². The second-order valence-electron chi connectivity index (χ2n) is 2.53. The molecule has 1 aliphatic heterocycles. The number of hydrogen-bond donors (Lipinski definition) is 0. The summed E-state index contributed by atoms with van der Waals surface area (Å²) in [6.07, 6.45) is 9.72. The van der Waals surface area contributed by atoms with Gasteiger partial charge in [-0.3, -0.25) is 9.09 Å². The van der Waals surface area contributed by atoms with Crippen molar-refractivity contribution in [3.05, 3.63) is 0 Å². The van der Waals surface area contributed by atoms with Gasteiger partial charge in [-0.2, -0.15) is 0 Å². The second-order valence-corrected chi connectivity index (χ2v) is 4.54. The molecule has 0 N–H and O–H groups in total. The summed E-state index contributed by atoms with van der Waals surface area (Å²) in [5.74, 6) is 4.48. The third-order valence-corrected chi connectivity index (χ3v) is 2.77. The molecule has 1 fully saturated rings. The Morgan fingerprint density at radius 3 is 2.67 bits per heavy atom. The maximum atomic E-state index is 11.3. The van der Waals surface area contributed by atoms with Crippen molar-refractivity contribution in [3.8, 4) is 24.7 Å². The van der Waals surface area contributed by atoms with Gasteiger partial charge in [0.05, 0.1) is 12.5 Å². The Bertz CT molecular complexity index is 296. The summed E-state index contributed by atoms with van der Waals surface area (Å²) in [5, 5.41) is 0. The van der Waals surface area contributed by atoms with Crippen LogP contribution in [0.4, 0.5) is 0 Å². The van der Waals surface area contributed by atoms with Crippen LogP contribution in [0.1, 0.15) is 0 Å². The van der Waals surface area contributed by atoms with Crippen molar-refractivity contribution in [1.82, 2.24) is 0 Å². The molecule has 0 saturated carbocycles. The molecule has 1 heterocycles. The molecule has 4 heteroatoms. The molecule has 0 aromatic rings. The van der Waals surface area contributed by atoms with E-state index in [0.29, 0.717) is 0 Å². The van der Waals surface area contributed by atoms with Crippen molar-refractivity contribution in [2.75, 3.05) is 13.3 Å². The van der Waals surface area contributed by atoms with Crippen molar-refractivity contribution in [2.45, 2.75) is 6.10 Å². The summed E-state index contributed by atoms with van der Waals surface area (Å²) in [4.78, 5) is 0. The van der Waals surface area contributed by atoms with E-state index < -0.39 is 13.7 Å². The highest BCUT2D eigenvalue weighted by atomic mass is 31.2. The predicted molar refractivity (Wildman–Crippen MR) is 45.5 cm³/mol. The minimum atomic E-state index is -2.95. The number of terminal acetylenes is 2. The molecular weight excluding hydrogens is 175 g/mol. The smallest absolute Gasteiger partial charge is 0.307 e. The summed E-state index contributed by atoms with van der Waals surface area (Å²) in [5.41, 5.74) is 0. The van der Waals surface area contributed by atoms with Crippen LogP contribution < -0.4 is 0 Å². The standard InChI is InChI=1S/C8H9O3P/c1-4-7-6-10-12(3,9)11-8(7)5-2/h1-2,7-8H,6H2,3H3. The molecule has 1 rings (SSSR count).